The van der Waals surface area contributed by atoms with Crippen molar-refractivity contribution in [3.05, 3.63) is 36.2 Å². The maximum Gasteiger partial charge on any atom is 0.416 e. The first-order valence-electron chi connectivity index (χ1n) is 12.1. The van der Waals surface area contributed by atoms with Crippen LogP contribution >= 0.6 is 0 Å². The SMILES string of the molecule is N[C@H]1CC[C@H](Nc2nc(NS(=O)(=O)c3cccc(C(F)(F)F)c3)c3ncn(C4CCCC4)c3n2)CC1. The Kier molecular flexibility index (Phi) is 6.54. The summed E-state index contributed by atoms with van der Waals surface area (Å²) in [7, 11) is -4.39. The van der Waals surface area contributed by atoms with Gasteiger partial charge in [-0.15, -0.1) is 0 Å². The van der Waals surface area contributed by atoms with Crippen molar-refractivity contribution >= 4 is 33.0 Å². The molecule has 9 nitrogen and oxygen atoms in total. The first kappa shape index (κ1) is 24.8. The number of alkyl halides is 3. The number of aromatic nitrogens is 4. The molecule has 2 saturated carbocycles. The number of fused-ring (bicyclic) bond motifs is 1. The molecular weight excluding hydrogens is 495 g/mol. The highest BCUT2D eigenvalue weighted by molar-refractivity contribution is 7.92. The van der Waals surface area contributed by atoms with Gasteiger partial charge in [-0.1, -0.05) is 18.9 Å². The Morgan fingerprint density at radius 1 is 1.03 bits per heavy atom. The topological polar surface area (TPSA) is 128 Å². The van der Waals surface area contributed by atoms with Gasteiger partial charge >= 0.3 is 6.18 Å². The quantitative estimate of drug-likeness (QED) is 0.436. The molecule has 1 aromatic carbocycles. The van der Waals surface area contributed by atoms with Gasteiger partial charge in [0, 0.05) is 18.1 Å². The molecule has 0 amide bonds. The van der Waals surface area contributed by atoms with E-state index in [2.05, 4.69) is 25.0 Å². The second kappa shape index (κ2) is 9.51. The summed E-state index contributed by atoms with van der Waals surface area (Å²) in [4.78, 5) is 12.9. The Morgan fingerprint density at radius 2 is 1.75 bits per heavy atom. The van der Waals surface area contributed by atoms with Crippen LogP contribution in [0.5, 0.6) is 0 Å². The first-order valence-corrected chi connectivity index (χ1v) is 13.6. The van der Waals surface area contributed by atoms with Gasteiger partial charge in [0.1, 0.15) is 0 Å². The van der Waals surface area contributed by atoms with Crippen LogP contribution in [0.3, 0.4) is 0 Å². The zero-order chi connectivity index (χ0) is 25.5. The third kappa shape index (κ3) is 5.12. The van der Waals surface area contributed by atoms with Crippen LogP contribution in [0.1, 0.15) is 63.0 Å². The van der Waals surface area contributed by atoms with E-state index in [0.29, 0.717) is 11.7 Å². The van der Waals surface area contributed by atoms with Gasteiger partial charge in [-0.05, 0) is 56.7 Å². The number of hydrogen-bond acceptors (Lipinski definition) is 7. The molecule has 0 unspecified atom stereocenters. The van der Waals surface area contributed by atoms with Crippen LogP contribution in [-0.4, -0.2) is 40.0 Å². The summed E-state index contributed by atoms with van der Waals surface area (Å²) in [5, 5.41) is 3.29. The molecule has 2 aliphatic carbocycles. The minimum atomic E-state index is -4.67. The van der Waals surface area contributed by atoms with E-state index < -0.39 is 26.7 Å². The molecular formula is C23H28F3N7O2S. The van der Waals surface area contributed by atoms with Crippen LogP contribution in [0.4, 0.5) is 24.9 Å². The molecule has 0 atom stereocenters. The number of halogens is 3. The number of benzene rings is 1. The molecule has 2 aromatic heterocycles. The molecule has 5 rings (SSSR count). The number of imidazole rings is 1. The summed E-state index contributed by atoms with van der Waals surface area (Å²) in [5.74, 6) is 0.161. The highest BCUT2D eigenvalue weighted by Gasteiger charge is 2.32. The van der Waals surface area contributed by atoms with E-state index in [1.54, 1.807) is 6.33 Å². The fourth-order valence-electron chi connectivity index (χ4n) is 4.97. The van der Waals surface area contributed by atoms with Crippen molar-refractivity contribution in [2.45, 2.75) is 80.6 Å². The van der Waals surface area contributed by atoms with E-state index in [-0.39, 0.29) is 35.4 Å². The van der Waals surface area contributed by atoms with Crippen molar-refractivity contribution in [1.82, 2.24) is 19.5 Å². The Balaban J connectivity index is 1.52. The number of sulfonamides is 1. The van der Waals surface area contributed by atoms with E-state index in [9.17, 15) is 21.6 Å². The van der Waals surface area contributed by atoms with Gasteiger partial charge in [0.05, 0.1) is 16.8 Å². The molecule has 0 radical (unpaired) electrons. The standard InChI is InChI=1S/C23H28F3N7O2S/c24-23(25,26)14-4-3-7-18(12-14)36(34,35)32-20-19-21(33(13-28-19)17-5-1-2-6-17)31-22(30-20)29-16-10-8-15(27)9-11-16/h3-4,7,12-13,15-17H,1-2,5-6,8-11,27H2,(H2,29,30,31,32)/t15-,16-. The van der Waals surface area contributed by atoms with Crippen molar-refractivity contribution in [2.75, 3.05) is 10.0 Å². The molecule has 2 heterocycles. The fourth-order valence-corrected chi connectivity index (χ4v) is 6.03. The largest absolute Gasteiger partial charge is 0.416 e. The molecule has 2 aliphatic rings. The molecule has 3 aromatic rings. The predicted molar refractivity (Wildman–Crippen MR) is 129 cm³/mol. The Morgan fingerprint density at radius 3 is 2.44 bits per heavy atom. The van der Waals surface area contributed by atoms with Gasteiger partial charge < -0.3 is 15.6 Å². The van der Waals surface area contributed by atoms with Gasteiger partial charge in [-0.3, -0.25) is 4.72 Å². The Bertz CT molecular complexity index is 1350. The second-order valence-corrected chi connectivity index (χ2v) is 11.2. The number of nitrogens with zero attached hydrogens (tertiary/aromatic N) is 4. The molecule has 0 aliphatic heterocycles. The zero-order valence-electron chi connectivity index (χ0n) is 19.5. The summed E-state index contributed by atoms with van der Waals surface area (Å²) in [6.45, 7) is 0. The highest BCUT2D eigenvalue weighted by Crippen LogP contribution is 2.34. The van der Waals surface area contributed by atoms with Crippen LogP contribution in [0.25, 0.3) is 11.2 Å². The molecule has 13 heteroatoms. The fraction of sp³-hybridized carbons (Fsp3) is 0.522. The lowest BCUT2D eigenvalue weighted by Gasteiger charge is -2.27. The number of nitrogens with two attached hydrogens (primary N) is 1. The average Bonchev–Trinajstić information content (AvgIpc) is 3.50. The lowest BCUT2D eigenvalue weighted by molar-refractivity contribution is -0.137. The van der Waals surface area contributed by atoms with E-state index in [1.807, 2.05) is 4.57 Å². The van der Waals surface area contributed by atoms with Crippen molar-refractivity contribution in [3.63, 3.8) is 0 Å². The normalized spacial score (nSPS) is 21.7. The number of rotatable bonds is 6. The molecule has 2 fully saturated rings. The molecule has 4 N–H and O–H groups in total. The van der Waals surface area contributed by atoms with Crippen molar-refractivity contribution < 1.29 is 21.6 Å². The molecule has 0 spiro atoms. The number of nitrogens with one attached hydrogen (secondary N) is 2. The molecule has 0 bridgehead atoms. The molecule has 36 heavy (non-hydrogen) atoms. The van der Waals surface area contributed by atoms with E-state index in [1.165, 1.54) is 0 Å². The third-order valence-electron chi connectivity index (χ3n) is 6.95. The summed E-state index contributed by atoms with van der Waals surface area (Å²) < 4.78 is 70.1. The first-order chi connectivity index (χ1) is 17.1. The minimum Gasteiger partial charge on any atom is -0.351 e. The number of anilines is 2. The maximum atomic E-state index is 13.2. The van der Waals surface area contributed by atoms with Crippen LogP contribution < -0.4 is 15.8 Å². The van der Waals surface area contributed by atoms with Crippen LogP contribution in [0.15, 0.2) is 35.5 Å². The van der Waals surface area contributed by atoms with Gasteiger partial charge in [-0.2, -0.15) is 23.1 Å². The average molecular weight is 524 g/mol. The Hall–Kier alpha value is -2.93. The monoisotopic (exact) mass is 523 g/mol. The Labute approximate surface area is 206 Å². The summed E-state index contributed by atoms with van der Waals surface area (Å²) in [6, 6.07) is 4.02. The van der Waals surface area contributed by atoms with Gasteiger partial charge in [-0.25, -0.2) is 13.4 Å². The predicted octanol–water partition coefficient (Wildman–Crippen LogP) is 4.44. The van der Waals surface area contributed by atoms with Crippen molar-refractivity contribution in [1.29, 1.82) is 0 Å². The minimum absolute atomic E-state index is 0.0795. The molecule has 0 saturated heterocycles. The van der Waals surface area contributed by atoms with Gasteiger partial charge in [0.15, 0.2) is 17.0 Å². The summed E-state index contributed by atoms with van der Waals surface area (Å²) in [6.07, 6.45) is 4.41. The van der Waals surface area contributed by atoms with Crippen molar-refractivity contribution in [3.8, 4) is 0 Å². The summed E-state index contributed by atoms with van der Waals surface area (Å²) >= 11 is 0. The second-order valence-electron chi connectivity index (χ2n) is 9.55. The van der Waals surface area contributed by atoms with Crippen LogP contribution in [-0.2, 0) is 16.2 Å². The van der Waals surface area contributed by atoms with E-state index in [0.717, 1.165) is 69.6 Å². The zero-order valence-corrected chi connectivity index (χ0v) is 20.3. The summed E-state index contributed by atoms with van der Waals surface area (Å²) in [5.41, 5.74) is 5.68. The van der Waals surface area contributed by atoms with Gasteiger partial charge in [0.2, 0.25) is 5.95 Å². The van der Waals surface area contributed by atoms with E-state index >= 15 is 0 Å². The maximum absolute atomic E-state index is 13.2. The van der Waals surface area contributed by atoms with Crippen LogP contribution in [0, 0.1) is 0 Å². The highest BCUT2D eigenvalue weighted by atomic mass is 32.2. The van der Waals surface area contributed by atoms with Crippen LogP contribution in [0.2, 0.25) is 0 Å². The van der Waals surface area contributed by atoms with E-state index in [4.69, 9.17) is 5.73 Å². The third-order valence-corrected chi connectivity index (χ3v) is 8.28. The van der Waals surface area contributed by atoms with Gasteiger partial charge in [0.25, 0.3) is 10.0 Å². The molecule has 194 valence electrons. The number of hydrogen-bond donors (Lipinski definition) is 3. The smallest absolute Gasteiger partial charge is 0.351 e. The lowest BCUT2D eigenvalue weighted by atomic mass is 9.92. The lowest BCUT2D eigenvalue weighted by Crippen LogP contribution is -2.33. The van der Waals surface area contributed by atoms with Crippen molar-refractivity contribution in [2.24, 2.45) is 5.73 Å².